The van der Waals surface area contributed by atoms with Crippen molar-refractivity contribution < 1.29 is 27.4 Å². The Morgan fingerprint density at radius 1 is 1.29 bits per heavy atom. The number of halogens is 4. The zero-order valence-electron chi connectivity index (χ0n) is 11.5. The highest BCUT2D eigenvalue weighted by atomic mass is 79.9. The molecule has 120 valence electrons. The summed E-state index contributed by atoms with van der Waals surface area (Å²) in [5.74, 6) is 0.448. The number of rotatable bonds is 9. The third kappa shape index (κ3) is 8.25. The Bertz CT molecular complexity index is 430. The molecule has 0 saturated heterocycles. The molecule has 21 heavy (non-hydrogen) atoms. The smallest absolute Gasteiger partial charge is 0.411 e. The van der Waals surface area contributed by atoms with E-state index in [0.717, 1.165) is 10.0 Å². The normalized spacial score (nSPS) is 11.7. The summed E-state index contributed by atoms with van der Waals surface area (Å²) in [6.45, 7) is 0.110. The molecule has 0 atom stereocenters. The fourth-order valence-corrected chi connectivity index (χ4v) is 1.83. The lowest BCUT2D eigenvalue weighted by atomic mass is 10.2. The molecule has 0 aromatic heterocycles. The van der Waals surface area contributed by atoms with Gasteiger partial charge in [0, 0.05) is 24.7 Å². The van der Waals surface area contributed by atoms with Gasteiger partial charge in [-0.05, 0) is 23.8 Å². The van der Waals surface area contributed by atoms with Crippen molar-refractivity contribution in [1.82, 2.24) is 5.32 Å². The Kier molecular flexibility index (Phi) is 8.02. The minimum Gasteiger partial charge on any atom is -0.468 e. The Balaban J connectivity index is 2.41. The highest BCUT2D eigenvalue weighted by molar-refractivity contribution is 9.10. The summed E-state index contributed by atoms with van der Waals surface area (Å²) in [4.78, 5) is 0. The maximum absolute atomic E-state index is 11.9. The average molecular weight is 372 g/mol. The van der Waals surface area contributed by atoms with Crippen molar-refractivity contribution in [2.45, 2.75) is 12.7 Å². The van der Waals surface area contributed by atoms with Gasteiger partial charge in [-0.2, -0.15) is 13.2 Å². The Morgan fingerprint density at radius 3 is 2.71 bits per heavy atom. The van der Waals surface area contributed by atoms with E-state index >= 15 is 0 Å². The third-order valence-electron chi connectivity index (χ3n) is 2.39. The van der Waals surface area contributed by atoms with Crippen molar-refractivity contribution in [2.75, 3.05) is 33.7 Å². The van der Waals surface area contributed by atoms with Crippen molar-refractivity contribution in [1.29, 1.82) is 0 Å². The first kappa shape index (κ1) is 18.2. The molecule has 0 saturated carbocycles. The number of benzene rings is 1. The predicted molar refractivity (Wildman–Crippen MR) is 75.2 cm³/mol. The Labute approximate surface area is 129 Å². The van der Waals surface area contributed by atoms with Crippen LogP contribution in [0.5, 0.6) is 5.75 Å². The quantitative estimate of drug-likeness (QED) is 0.534. The summed E-state index contributed by atoms with van der Waals surface area (Å²) < 4.78 is 51.0. The Hall–Kier alpha value is -0.830. The van der Waals surface area contributed by atoms with Gasteiger partial charge in [-0.3, -0.25) is 0 Å². The monoisotopic (exact) mass is 371 g/mol. The van der Waals surface area contributed by atoms with Crippen molar-refractivity contribution in [2.24, 2.45) is 0 Å². The maximum Gasteiger partial charge on any atom is 0.411 e. The van der Waals surface area contributed by atoms with E-state index in [-0.39, 0.29) is 0 Å². The van der Waals surface area contributed by atoms with Gasteiger partial charge in [-0.25, -0.2) is 0 Å². The van der Waals surface area contributed by atoms with Gasteiger partial charge < -0.3 is 19.5 Å². The van der Waals surface area contributed by atoms with Crippen molar-refractivity contribution in [3.63, 3.8) is 0 Å². The maximum atomic E-state index is 11.9. The van der Waals surface area contributed by atoms with E-state index in [1.807, 2.05) is 0 Å². The molecule has 1 aromatic carbocycles. The topological polar surface area (TPSA) is 39.7 Å². The molecule has 0 aliphatic carbocycles. The molecule has 0 unspecified atom stereocenters. The molecular weight excluding hydrogens is 355 g/mol. The van der Waals surface area contributed by atoms with Crippen LogP contribution >= 0.6 is 15.9 Å². The second-order valence-corrected chi connectivity index (χ2v) is 5.00. The van der Waals surface area contributed by atoms with E-state index in [4.69, 9.17) is 9.47 Å². The molecule has 0 aliphatic heterocycles. The zero-order chi connectivity index (χ0) is 15.7. The molecule has 0 amide bonds. The van der Waals surface area contributed by atoms with Crippen LogP contribution in [0.1, 0.15) is 5.56 Å². The van der Waals surface area contributed by atoms with Gasteiger partial charge >= 0.3 is 6.18 Å². The summed E-state index contributed by atoms with van der Waals surface area (Å²) in [5, 5.41) is 3.17. The van der Waals surface area contributed by atoms with Gasteiger partial charge in [0.15, 0.2) is 6.79 Å². The summed E-state index contributed by atoms with van der Waals surface area (Å²) in [6, 6.07) is 5.16. The van der Waals surface area contributed by atoms with Crippen LogP contribution in [0.3, 0.4) is 0 Å². The number of alkyl halides is 3. The summed E-state index contributed by atoms with van der Waals surface area (Å²) in [6.07, 6.45) is -4.35. The minimum absolute atomic E-state index is 0.447. The highest BCUT2D eigenvalue weighted by Gasteiger charge is 2.27. The largest absolute Gasteiger partial charge is 0.468 e. The van der Waals surface area contributed by atoms with Crippen molar-refractivity contribution >= 4 is 15.9 Å². The van der Waals surface area contributed by atoms with E-state index < -0.39 is 19.6 Å². The number of ether oxygens (including phenoxy) is 3. The number of hydrogen-bond donors (Lipinski definition) is 1. The van der Waals surface area contributed by atoms with Crippen LogP contribution in [0, 0.1) is 0 Å². The van der Waals surface area contributed by atoms with E-state index in [0.29, 0.717) is 25.4 Å². The van der Waals surface area contributed by atoms with Crippen molar-refractivity contribution in [3.8, 4) is 5.75 Å². The first-order chi connectivity index (χ1) is 9.92. The first-order valence-corrected chi connectivity index (χ1v) is 6.97. The lowest BCUT2D eigenvalue weighted by Gasteiger charge is -2.12. The zero-order valence-corrected chi connectivity index (χ0v) is 13.1. The second-order valence-electron chi connectivity index (χ2n) is 4.15. The van der Waals surface area contributed by atoms with Crippen LogP contribution in [0.15, 0.2) is 22.7 Å². The lowest BCUT2D eigenvalue weighted by molar-refractivity contribution is -0.186. The molecule has 0 spiro atoms. The van der Waals surface area contributed by atoms with Gasteiger partial charge in [0.05, 0.1) is 6.61 Å². The van der Waals surface area contributed by atoms with Crippen LogP contribution in [0.2, 0.25) is 0 Å². The summed E-state index contributed by atoms with van der Waals surface area (Å²) in [7, 11) is 1.62. The first-order valence-electron chi connectivity index (χ1n) is 6.18. The van der Waals surface area contributed by atoms with Gasteiger partial charge in [-0.15, -0.1) is 0 Å². The van der Waals surface area contributed by atoms with Crippen LogP contribution in [-0.2, 0) is 16.0 Å². The molecule has 8 heteroatoms. The number of nitrogens with one attached hydrogen (secondary N) is 1. The Morgan fingerprint density at radius 2 is 2.05 bits per heavy atom. The average Bonchev–Trinajstić information content (AvgIpc) is 2.41. The molecule has 0 aliphatic rings. The summed E-state index contributed by atoms with van der Waals surface area (Å²) >= 11 is 3.40. The van der Waals surface area contributed by atoms with E-state index in [1.165, 1.54) is 0 Å². The highest BCUT2D eigenvalue weighted by Crippen LogP contribution is 2.23. The van der Waals surface area contributed by atoms with Crippen LogP contribution in [-0.4, -0.2) is 39.8 Å². The van der Waals surface area contributed by atoms with Gasteiger partial charge in [-0.1, -0.05) is 15.9 Å². The fourth-order valence-electron chi connectivity index (χ4n) is 1.44. The van der Waals surface area contributed by atoms with E-state index in [9.17, 15) is 13.2 Å². The lowest BCUT2D eigenvalue weighted by Crippen LogP contribution is -2.19. The molecule has 0 heterocycles. The fraction of sp³-hybridized carbons (Fsp3) is 0.538. The minimum atomic E-state index is -4.35. The molecular formula is C13H17BrF3NO3. The van der Waals surface area contributed by atoms with Crippen LogP contribution < -0.4 is 10.1 Å². The van der Waals surface area contributed by atoms with Gasteiger partial charge in [0.25, 0.3) is 0 Å². The molecule has 1 N–H and O–H groups in total. The SMILES string of the molecule is COCCNCc1cc(OCOCC(F)(F)F)ccc1Br. The molecule has 0 radical (unpaired) electrons. The van der Waals surface area contributed by atoms with E-state index in [2.05, 4.69) is 26.0 Å². The molecule has 4 nitrogen and oxygen atoms in total. The van der Waals surface area contributed by atoms with Crippen molar-refractivity contribution in [3.05, 3.63) is 28.2 Å². The van der Waals surface area contributed by atoms with Crippen LogP contribution in [0.4, 0.5) is 13.2 Å². The predicted octanol–water partition coefficient (Wildman–Crippen LogP) is 3.10. The second kappa shape index (κ2) is 9.24. The molecule has 1 aromatic rings. The molecule has 0 fully saturated rings. The van der Waals surface area contributed by atoms with Crippen LogP contribution in [0.25, 0.3) is 0 Å². The molecule has 1 rings (SSSR count). The number of hydrogen-bond acceptors (Lipinski definition) is 4. The molecule has 0 bridgehead atoms. The van der Waals surface area contributed by atoms with E-state index in [1.54, 1.807) is 25.3 Å². The van der Waals surface area contributed by atoms with Gasteiger partial charge in [0.2, 0.25) is 0 Å². The number of methoxy groups -OCH3 is 1. The summed E-state index contributed by atoms with van der Waals surface area (Å²) in [5.41, 5.74) is 0.930. The van der Waals surface area contributed by atoms with Gasteiger partial charge in [0.1, 0.15) is 12.4 Å². The standard InChI is InChI=1S/C13H17BrF3NO3/c1-19-5-4-18-7-10-6-11(2-3-12(10)14)21-9-20-8-13(15,16)17/h2-3,6,18H,4-5,7-9H2,1H3. The third-order valence-corrected chi connectivity index (χ3v) is 3.16.